The molecule has 4 nitrogen and oxygen atoms in total. The zero-order valence-corrected chi connectivity index (χ0v) is 13.1. The first kappa shape index (κ1) is 17.7. The molecule has 1 N–H and O–H groups in total. The first-order valence-corrected chi connectivity index (χ1v) is 7.72. The molecule has 1 fully saturated rings. The van der Waals surface area contributed by atoms with E-state index < -0.39 is 17.5 Å². The van der Waals surface area contributed by atoms with E-state index in [4.69, 9.17) is 0 Å². The fourth-order valence-electron chi connectivity index (χ4n) is 2.81. The number of aliphatic hydroxyl groups is 1. The highest BCUT2D eigenvalue weighted by atomic mass is 19.2. The third kappa shape index (κ3) is 4.23. The summed E-state index contributed by atoms with van der Waals surface area (Å²) in [5.74, 6) is -3.65. The molecule has 0 aliphatic carbocycles. The van der Waals surface area contributed by atoms with E-state index in [1.807, 2.05) is 6.92 Å². The van der Waals surface area contributed by atoms with E-state index in [9.17, 15) is 23.1 Å². The molecule has 0 bridgehead atoms. The van der Waals surface area contributed by atoms with E-state index in [0.29, 0.717) is 32.2 Å². The SMILES string of the molecule is CCC(CO)N1CCN(C(=O)Cc2cc(F)c(F)cc2F)CC1. The molecule has 23 heavy (non-hydrogen) atoms. The van der Waals surface area contributed by atoms with Gasteiger partial charge in [0.05, 0.1) is 13.0 Å². The number of hydrogen-bond donors (Lipinski definition) is 1. The third-order valence-electron chi connectivity index (χ3n) is 4.30. The van der Waals surface area contributed by atoms with E-state index in [-0.39, 0.29) is 30.5 Å². The number of hydrogen-bond acceptors (Lipinski definition) is 3. The van der Waals surface area contributed by atoms with Gasteiger partial charge in [-0.15, -0.1) is 0 Å². The molecule has 1 unspecified atom stereocenters. The van der Waals surface area contributed by atoms with Crippen LogP contribution in [0.4, 0.5) is 13.2 Å². The summed E-state index contributed by atoms with van der Waals surface area (Å²) in [6.45, 7) is 4.27. The van der Waals surface area contributed by atoms with Crippen LogP contribution in [0.1, 0.15) is 18.9 Å². The Morgan fingerprint density at radius 1 is 1.13 bits per heavy atom. The van der Waals surface area contributed by atoms with E-state index in [2.05, 4.69) is 4.90 Å². The lowest BCUT2D eigenvalue weighted by Gasteiger charge is -2.38. The summed E-state index contributed by atoms with van der Waals surface area (Å²) in [7, 11) is 0. The van der Waals surface area contributed by atoms with Crippen molar-refractivity contribution in [3.05, 3.63) is 35.1 Å². The van der Waals surface area contributed by atoms with Crippen LogP contribution >= 0.6 is 0 Å². The van der Waals surface area contributed by atoms with Gasteiger partial charge in [0.2, 0.25) is 5.91 Å². The zero-order chi connectivity index (χ0) is 17.0. The second-order valence-electron chi connectivity index (χ2n) is 5.70. The third-order valence-corrected chi connectivity index (χ3v) is 4.30. The standard InChI is InChI=1S/C16H21F3N2O2/c1-2-12(10-22)20-3-5-21(6-4-20)16(23)8-11-7-14(18)15(19)9-13(11)17/h7,9,12,22H,2-6,8,10H2,1H3. The number of nitrogens with zero attached hydrogens (tertiary/aromatic N) is 2. The number of piperazine rings is 1. The van der Waals surface area contributed by atoms with Gasteiger partial charge in [-0.05, 0) is 12.5 Å². The Morgan fingerprint density at radius 3 is 2.30 bits per heavy atom. The van der Waals surface area contributed by atoms with Crippen LogP contribution in [0.5, 0.6) is 0 Å². The van der Waals surface area contributed by atoms with Crippen LogP contribution in [-0.2, 0) is 11.2 Å². The van der Waals surface area contributed by atoms with Crippen molar-refractivity contribution < 1.29 is 23.1 Å². The largest absolute Gasteiger partial charge is 0.395 e. The van der Waals surface area contributed by atoms with Crippen LogP contribution < -0.4 is 0 Å². The molecule has 1 saturated heterocycles. The van der Waals surface area contributed by atoms with Gasteiger partial charge in [0.25, 0.3) is 0 Å². The average molecular weight is 330 g/mol. The minimum Gasteiger partial charge on any atom is -0.395 e. The molecule has 1 atom stereocenters. The van der Waals surface area contributed by atoms with Crippen LogP contribution in [0, 0.1) is 17.5 Å². The molecule has 128 valence electrons. The van der Waals surface area contributed by atoms with Crippen LogP contribution in [0.25, 0.3) is 0 Å². The van der Waals surface area contributed by atoms with Crippen molar-refractivity contribution in [2.75, 3.05) is 32.8 Å². The molecule has 0 radical (unpaired) electrons. The Kier molecular flexibility index (Phi) is 6.01. The van der Waals surface area contributed by atoms with Crippen molar-refractivity contribution >= 4 is 5.91 Å². The Morgan fingerprint density at radius 2 is 1.74 bits per heavy atom. The minimum atomic E-state index is -1.26. The van der Waals surface area contributed by atoms with Crippen molar-refractivity contribution in [3.63, 3.8) is 0 Å². The van der Waals surface area contributed by atoms with Gasteiger partial charge in [-0.2, -0.15) is 0 Å². The molecule has 0 aromatic heterocycles. The molecular formula is C16H21F3N2O2. The quantitative estimate of drug-likeness (QED) is 0.834. The Hall–Kier alpha value is -1.60. The molecular weight excluding hydrogens is 309 g/mol. The first-order chi connectivity index (χ1) is 11.0. The number of benzene rings is 1. The molecule has 1 aromatic rings. The summed E-state index contributed by atoms with van der Waals surface area (Å²) in [4.78, 5) is 15.9. The fourth-order valence-corrected chi connectivity index (χ4v) is 2.81. The molecule has 1 aliphatic heterocycles. The predicted octanol–water partition coefficient (Wildman–Crippen LogP) is 1.56. The summed E-state index contributed by atoms with van der Waals surface area (Å²) in [5, 5.41) is 9.30. The van der Waals surface area contributed by atoms with Crippen LogP contribution in [-0.4, -0.2) is 59.6 Å². The highest BCUT2D eigenvalue weighted by Crippen LogP contribution is 2.16. The lowest BCUT2D eigenvalue weighted by atomic mass is 10.1. The Bertz CT molecular complexity index is 557. The molecule has 1 aliphatic rings. The summed E-state index contributed by atoms with van der Waals surface area (Å²) in [6.07, 6.45) is 0.532. The van der Waals surface area contributed by atoms with Crippen molar-refractivity contribution in [1.82, 2.24) is 9.80 Å². The van der Waals surface area contributed by atoms with Gasteiger partial charge in [0.1, 0.15) is 5.82 Å². The Balaban J connectivity index is 1.94. The molecule has 2 rings (SSSR count). The van der Waals surface area contributed by atoms with Gasteiger partial charge in [-0.1, -0.05) is 6.92 Å². The highest BCUT2D eigenvalue weighted by Gasteiger charge is 2.25. The van der Waals surface area contributed by atoms with Gasteiger partial charge in [-0.25, -0.2) is 13.2 Å². The van der Waals surface area contributed by atoms with Crippen molar-refractivity contribution in [2.24, 2.45) is 0 Å². The van der Waals surface area contributed by atoms with Crippen molar-refractivity contribution in [3.8, 4) is 0 Å². The van der Waals surface area contributed by atoms with Crippen molar-refractivity contribution in [1.29, 1.82) is 0 Å². The maximum absolute atomic E-state index is 13.6. The maximum atomic E-state index is 13.6. The van der Waals surface area contributed by atoms with Crippen LogP contribution in [0.15, 0.2) is 12.1 Å². The van der Waals surface area contributed by atoms with E-state index >= 15 is 0 Å². The normalized spacial score (nSPS) is 17.3. The van der Waals surface area contributed by atoms with Crippen LogP contribution in [0.2, 0.25) is 0 Å². The lowest BCUT2D eigenvalue weighted by Crippen LogP contribution is -2.53. The monoisotopic (exact) mass is 330 g/mol. The second-order valence-corrected chi connectivity index (χ2v) is 5.70. The lowest BCUT2D eigenvalue weighted by molar-refractivity contribution is -0.132. The maximum Gasteiger partial charge on any atom is 0.227 e. The Labute approximate surface area is 133 Å². The number of carbonyl (C=O) groups excluding carboxylic acids is 1. The van der Waals surface area contributed by atoms with Gasteiger partial charge in [0, 0.05) is 43.9 Å². The topological polar surface area (TPSA) is 43.8 Å². The highest BCUT2D eigenvalue weighted by molar-refractivity contribution is 5.79. The number of carbonyl (C=O) groups is 1. The van der Waals surface area contributed by atoms with Gasteiger partial charge < -0.3 is 10.0 Å². The number of amides is 1. The van der Waals surface area contributed by atoms with Gasteiger partial charge >= 0.3 is 0 Å². The molecule has 1 aromatic carbocycles. The van der Waals surface area contributed by atoms with E-state index in [1.165, 1.54) is 0 Å². The zero-order valence-electron chi connectivity index (χ0n) is 13.1. The van der Waals surface area contributed by atoms with E-state index in [1.54, 1.807) is 4.90 Å². The molecule has 7 heteroatoms. The first-order valence-electron chi connectivity index (χ1n) is 7.72. The number of rotatable bonds is 5. The minimum absolute atomic E-state index is 0.0739. The van der Waals surface area contributed by atoms with Crippen molar-refractivity contribution in [2.45, 2.75) is 25.8 Å². The van der Waals surface area contributed by atoms with Crippen LogP contribution in [0.3, 0.4) is 0 Å². The number of halogens is 3. The number of aliphatic hydroxyl groups excluding tert-OH is 1. The average Bonchev–Trinajstić information content (AvgIpc) is 2.54. The summed E-state index contributed by atoms with van der Waals surface area (Å²) >= 11 is 0. The smallest absolute Gasteiger partial charge is 0.227 e. The molecule has 1 heterocycles. The second kappa shape index (κ2) is 7.79. The van der Waals surface area contributed by atoms with E-state index in [0.717, 1.165) is 12.5 Å². The molecule has 0 spiro atoms. The molecule has 1 amide bonds. The summed E-state index contributed by atoms with van der Waals surface area (Å²) < 4.78 is 39.7. The molecule has 0 saturated carbocycles. The van der Waals surface area contributed by atoms with Gasteiger partial charge in [-0.3, -0.25) is 9.69 Å². The summed E-state index contributed by atoms with van der Waals surface area (Å²) in [5.41, 5.74) is -0.141. The fraction of sp³-hybridized carbons (Fsp3) is 0.562. The van der Waals surface area contributed by atoms with Gasteiger partial charge in [0.15, 0.2) is 11.6 Å². The summed E-state index contributed by atoms with van der Waals surface area (Å²) in [6, 6.07) is 1.27. The predicted molar refractivity (Wildman–Crippen MR) is 79.3 cm³/mol.